The third-order valence-corrected chi connectivity index (χ3v) is 2.50. The van der Waals surface area contributed by atoms with Crippen LogP contribution in [0.2, 0.25) is 0 Å². The van der Waals surface area contributed by atoms with Gasteiger partial charge in [0.15, 0.2) is 17.2 Å². The zero-order valence-corrected chi connectivity index (χ0v) is 10.5. The van der Waals surface area contributed by atoms with E-state index >= 15 is 0 Å². The van der Waals surface area contributed by atoms with E-state index in [1.165, 1.54) is 19.9 Å². The molecule has 4 heteroatoms. The standard InChI is InChI=1S/C13H17FO3/c1-8(2)9-5-6-10(14)11(7-9)17-13(3,4)12(15)16/h5-8H,1-4H3,(H,15,16). The van der Waals surface area contributed by atoms with Crippen molar-refractivity contribution in [2.75, 3.05) is 0 Å². The molecule has 0 spiro atoms. The lowest BCUT2D eigenvalue weighted by molar-refractivity contribution is -0.152. The summed E-state index contributed by atoms with van der Waals surface area (Å²) >= 11 is 0. The Morgan fingerprint density at radius 1 is 1.41 bits per heavy atom. The number of halogens is 1. The normalized spacial score (nSPS) is 11.6. The largest absolute Gasteiger partial charge is 0.478 e. The fraction of sp³-hybridized carbons (Fsp3) is 0.462. The molecule has 0 amide bonds. The van der Waals surface area contributed by atoms with Crippen LogP contribution in [0.25, 0.3) is 0 Å². The molecule has 0 unspecified atom stereocenters. The number of hydrogen-bond donors (Lipinski definition) is 1. The van der Waals surface area contributed by atoms with E-state index < -0.39 is 17.4 Å². The Morgan fingerprint density at radius 3 is 2.47 bits per heavy atom. The third kappa shape index (κ3) is 3.19. The van der Waals surface area contributed by atoms with Crippen molar-refractivity contribution in [1.29, 1.82) is 0 Å². The van der Waals surface area contributed by atoms with Gasteiger partial charge in [0, 0.05) is 0 Å². The fourth-order valence-electron chi connectivity index (χ4n) is 1.28. The molecule has 17 heavy (non-hydrogen) atoms. The quantitative estimate of drug-likeness (QED) is 0.879. The minimum atomic E-state index is -1.45. The van der Waals surface area contributed by atoms with Gasteiger partial charge < -0.3 is 9.84 Å². The molecule has 3 nitrogen and oxygen atoms in total. The Labute approximate surface area is 100 Å². The molecule has 0 saturated heterocycles. The first-order valence-electron chi connectivity index (χ1n) is 5.46. The summed E-state index contributed by atoms with van der Waals surface area (Å²) in [6, 6.07) is 4.51. The summed E-state index contributed by atoms with van der Waals surface area (Å²) in [5.74, 6) is -1.48. The van der Waals surface area contributed by atoms with Crippen molar-refractivity contribution < 1.29 is 19.0 Å². The summed E-state index contributed by atoms with van der Waals surface area (Å²) in [5, 5.41) is 8.92. The molecule has 0 heterocycles. The highest BCUT2D eigenvalue weighted by molar-refractivity contribution is 5.76. The van der Waals surface area contributed by atoms with Gasteiger partial charge in [0.2, 0.25) is 0 Å². The van der Waals surface area contributed by atoms with Gasteiger partial charge >= 0.3 is 5.97 Å². The van der Waals surface area contributed by atoms with Crippen LogP contribution in [-0.2, 0) is 4.79 Å². The summed E-state index contributed by atoms with van der Waals surface area (Å²) in [7, 11) is 0. The van der Waals surface area contributed by atoms with Crippen LogP contribution in [0.4, 0.5) is 4.39 Å². The average molecular weight is 240 g/mol. The molecule has 0 aliphatic rings. The lowest BCUT2D eigenvalue weighted by atomic mass is 10.0. The Balaban J connectivity index is 3.05. The number of carboxylic acid groups (broad SMARTS) is 1. The maximum Gasteiger partial charge on any atom is 0.347 e. The molecule has 1 rings (SSSR count). The third-order valence-electron chi connectivity index (χ3n) is 2.50. The number of aliphatic carboxylic acids is 1. The second-order valence-corrected chi connectivity index (χ2v) is 4.76. The second-order valence-electron chi connectivity index (χ2n) is 4.76. The van der Waals surface area contributed by atoms with E-state index in [0.29, 0.717) is 0 Å². The predicted octanol–water partition coefficient (Wildman–Crippen LogP) is 3.19. The minimum absolute atomic E-state index is 0.0244. The van der Waals surface area contributed by atoms with E-state index in [0.717, 1.165) is 5.56 Å². The Kier molecular flexibility index (Phi) is 3.76. The van der Waals surface area contributed by atoms with E-state index in [1.54, 1.807) is 12.1 Å². The van der Waals surface area contributed by atoms with Crippen LogP contribution in [0.15, 0.2) is 18.2 Å². The van der Waals surface area contributed by atoms with Gasteiger partial charge in [0.05, 0.1) is 0 Å². The van der Waals surface area contributed by atoms with Crippen molar-refractivity contribution in [3.8, 4) is 5.75 Å². The van der Waals surface area contributed by atoms with Gasteiger partial charge in [-0.2, -0.15) is 0 Å². The van der Waals surface area contributed by atoms with Crippen LogP contribution in [0.5, 0.6) is 5.75 Å². The Morgan fingerprint density at radius 2 is 2.00 bits per heavy atom. The zero-order valence-electron chi connectivity index (χ0n) is 10.5. The molecule has 0 fully saturated rings. The van der Waals surface area contributed by atoms with E-state index in [9.17, 15) is 9.18 Å². The van der Waals surface area contributed by atoms with Crippen molar-refractivity contribution in [3.63, 3.8) is 0 Å². The first-order chi connectivity index (χ1) is 7.74. The van der Waals surface area contributed by atoms with Gasteiger partial charge in [-0.15, -0.1) is 0 Å². The number of carbonyl (C=O) groups is 1. The molecule has 0 atom stereocenters. The highest BCUT2D eigenvalue weighted by Crippen LogP contribution is 2.26. The summed E-state index contributed by atoms with van der Waals surface area (Å²) in [6.45, 7) is 6.71. The first-order valence-corrected chi connectivity index (χ1v) is 5.46. The van der Waals surface area contributed by atoms with Crippen LogP contribution in [-0.4, -0.2) is 16.7 Å². The predicted molar refractivity (Wildman–Crippen MR) is 62.8 cm³/mol. The molecule has 0 aliphatic heterocycles. The van der Waals surface area contributed by atoms with Gasteiger partial charge in [-0.3, -0.25) is 0 Å². The fourth-order valence-corrected chi connectivity index (χ4v) is 1.28. The molecule has 0 aliphatic carbocycles. The molecule has 1 N–H and O–H groups in total. The Hall–Kier alpha value is -1.58. The Bertz CT molecular complexity index is 425. The smallest absolute Gasteiger partial charge is 0.347 e. The maximum absolute atomic E-state index is 13.5. The van der Waals surface area contributed by atoms with Crippen LogP contribution in [0.3, 0.4) is 0 Å². The molecule has 0 bridgehead atoms. The lowest BCUT2D eigenvalue weighted by Crippen LogP contribution is -2.38. The average Bonchev–Trinajstić information content (AvgIpc) is 2.20. The number of benzene rings is 1. The van der Waals surface area contributed by atoms with E-state index in [-0.39, 0.29) is 11.7 Å². The minimum Gasteiger partial charge on any atom is -0.478 e. The number of ether oxygens (including phenoxy) is 1. The van der Waals surface area contributed by atoms with Crippen LogP contribution in [0, 0.1) is 5.82 Å². The highest BCUT2D eigenvalue weighted by atomic mass is 19.1. The molecular weight excluding hydrogens is 223 g/mol. The molecule has 0 radical (unpaired) electrons. The van der Waals surface area contributed by atoms with Gasteiger partial charge in [-0.1, -0.05) is 19.9 Å². The van der Waals surface area contributed by atoms with Gasteiger partial charge in [0.25, 0.3) is 0 Å². The first kappa shape index (κ1) is 13.5. The lowest BCUT2D eigenvalue weighted by Gasteiger charge is -2.22. The topological polar surface area (TPSA) is 46.5 Å². The molecule has 0 aromatic heterocycles. The zero-order chi connectivity index (χ0) is 13.2. The van der Waals surface area contributed by atoms with Crippen LogP contribution < -0.4 is 4.74 Å². The van der Waals surface area contributed by atoms with Crippen molar-refractivity contribution >= 4 is 5.97 Å². The molecule has 1 aromatic carbocycles. The van der Waals surface area contributed by atoms with Gasteiger partial charge in [-0.05, 0) is 37.5 Å². The summed E-state index contributed by atoms with van der Waals surface area (Å²) < 4.78 is 18.7. The van der Waals surface area contributed by atoms with Gasteiger partial charge in [0.1, 0.15) is 0 Å². The van der Waals surface area contributed by atoms with Crippen LogP contribution >= 0.6 is 0 Å². The monoisotopic (exact) mass is 240 g/mol. The maximum atomic E-state index is 13.5. The van der Waals surface area contributed by atoms with E-state index in [1.807, 2.05) is 13.8 Å². The van der Waals surface area contributed by atoms with Crippen LogP contribution in [0.1, 0.15) is 39.2 Å². The van der Waals surface area contributed by atoms with Crippen molar-refractivity contribution in [3.05, 3.63) is 29.6 Å². The molecule has 94 valence electrons. The van der Waals surface area contributed by atoms with E-state index in [4.69, 9.17) is 9.84 Å². The summed E-state index contributed by atoms with van der Waals surface area (Å²) in [6.07, 6.45) is 0. The summed E-state index contributed by atoms with van der Waals surface area (Å²) in [4.78, 5) is 10.9. The van der Waals surface area contributed by atoms with Gasteiger partial charge in [-0.25, -0.2) is 9.18 Å². The molecule has 0 saturated carbocycles. The number of carboxylic acids is 1. The van der Waals surface area contributed by atoms with Crippen molar-refractivity contribution in [1.82, 2.24) is 0 Å². The number of rotatable bonds is 4. The van der Waals surface area contributed by atoms with Crippen molar-refractivity contribution in [2.45, 2.75) is 39.2 Å². The highest BCUT2D eigenvalue weighted by Gasteiger charge is 2.30. The second kappa shape index (κ2) is 4.73. The molecular formula is C13H17FO3. The SMILES string of the molecule is CC(C)c1ccc(F)c(OC(C)(C)C(=O)O)c1. The van der Waals surface area contributed by atoms with Crippen molar-refractivity contribution in [2.24, 2.45) is 0 Å². The molecule has 1 aromatic rings. The summed E-state index contributed by atoms with van der Waals surface area (Å²) in [5.41, 5.74) is -0.543. The van der Waals surface area contributed by atoms with E-state index in [2.05, 4.69) is 0 Å². The number of hydrogen-bond acceptors (Lipinski definition) is 2.